The normalized spacial score (nSPS) is 30.7. The highest BCUT2D eigenvalue weighted by atomic mass is 32.2. The third-order valence-electron chi connectivity index (χ3n) is 6.82. The van der Waals surface area contributed by atoms with Gasteiger partial charge in [-0.3, -0.25) is 18.7 Å². The van der Waals surface area contributed by atoms with E-state index in [0.717, 1.165) is 36.1 Å². The van der Waals surface area contributed by atoms with Gasteiger partial charge in [0.05, 0.1) is 10.8 Å². The Hall–Kier alpha value is -2.36. The molecule has 0 radical (unpaired) electrons. The summed E-state index contributed by atoms with van der Waals surface area (Å²) in [5, 5.41) is 0.179. The van der Waals surface area contributed by atoms with Crippen LogP contribution in [0, 0.1) is 11.3 Å². The van der Waals surface area contributed by atoms with Crippen molar-refractivity contribution in [3.05, 3.63) is 11.8 Å². The van der Waals surface area contributed by atoms with Crippen molar-refractivity contribution in [1.29, 1.82) is 0 Å². The molecule has 5 rings (SSSR count). The van der Waals surface area contributed by atoms with Crippen molar-refractivity contribution in [1.82, 2.24) is 14.9 Å². The lowest BCUT2D eigenvalue weighted by molar-refractivity contribution is -0.140. The zero-order valence-corrected chi connectivity index (χ0v) is 18.9. The molecule has 1 saturated heterocycles. The van der Waals surface area contributed by atoms with Crippen LogP contribution in [0.2, 0.25) is 0 Å². The molecule has 2 aliphatic carbocycles. The molecule has 1 aromatic heterocycles. The predicted molar refractivity (Wildman–Crippen MR) is 111 cm³/mol. The number of aromatic nitrogens is 2. The highest BCUT2D eigenvalue weighted by Crippen LogP contribution is 2.73. The first kappa shape index (κ1) is 20.5. The summed E-state index contributed by atoms with van der Waals surface area (Å²) in [7, 11) is -1.38. The molecular weight excluding hydrogens is 420 g/mol. The summed E-state index contributed by atoms with van der Waals surface area (Å²) in [4.78, 5) is 51.4. The number of amides is 3. The molecule has 4 atom stereocenters. The highest BCUT2D eigenvalue weighted by molar-refractivity contribution is 7.84. The number of carbonyl (C=O) groups excluding carboxylic acids is 3. The molecule has 0 aromatic carbocycles. The molecule has 3 heterocycles. The maximum atomic E-state index is 13.9. The van der Waals surface area contributed by atoms with Gasteiger partial charge >= 0.3 is 6.09 Å². The number of imide groups is 1. The van der Waals surface area contributed by atoms with Crippen LogP contribution in [-0.2, 0) is 25.1 Å². The van der Waals surface area contributed by atoms with E-state index in [1.165, 1.54) is 6.26 Å². The average molecular weight is 447 g/mol. The van der Waals surface area contributed by atoms with E-state index >= 15 is 0 Å². The molecule has 0 N–H and O–H groups in total. The summed E-state index contributed by atoms with van der Waals surface area (Å²) in [6.45, 7) is 5.36. The fourth-order valence-corrected chi connectivity index (χ4v) is 5.95. The molecular formula is C21H26N4O5S. The van der Waals surface area contributed by atoms with Gasteiger partial charge in [0.1, 0.15) is 16.8 Å². The lowest BCUT2D eigenvalue weighted by Crippen LogP contribution is -2.52. The van der Waals surface area contributed by atoms with Gasteiger partial charge in [-0.05, 0) is 33.6 Å². The number of ether oxygens (including phenoxy) is 1. The number of piperidine rings is 1. The van der Waals surface area contributed by atoms with Crippen LogP contribution in [0.3, 0.4) is 0 Å². The van der Waals surface area contributed by atoms with Gasteiger partial charge in [0.15, 0.2) is 0 Å². The third kappa shape index (κ3) is 2.79. The number of hydrogen-bond acceptors (Lipinski definition) is 7. The number of rotatable bonds is 2. The highest BCUT2D eigenvalue weighted by Gasteiger charge is 2.83. The minimum absolute atomic E-state index is 0.0563. The fraction of sp³-hybridized carbons (Fsp3) is 0.667. The van der Waals surface area contributed by atoms with Crippen molar-refractivity contribution in [2.24, 2.45) is 11.3 Å². The summed E-state index contributed by atoms with van der Waals surface area (Å²) in [6.07, 6.45) is 6.06. The lowest BCUT2D eigenvalue weighted by atomic mass is 9.91. The summed E-state index contributed by atoms with van der Waals surface area (Å²) < 4.78 is 17.4. The standard InChI is InChI=1S/C21H26N4O5S/c1-20(2,3)30-19(28)24-10-13-14-12-9-22-18(31(4)29)23-15(12)25(11-7-5-6-8-11)17(27)21(13,14)16(24)26/h9,11,13-14H,5-8,10H2,1-4H3/t13?,14?,21-,31?/m1/s1. The van der Waals surface area contributed by atoms with Gasteiger partial charge in [0.25, 0.3) is 0 Å². The molecule has 3 unspecified atom stereocenters. The Bertz CT molecular complexity index is 1030. The monoisotopic (exact) mass is 446 g/mol. The SMILES string of the molecule is CS(=O)c1ncc2c(n1)N(C1CCCC1)C(=O)[C@]13C(=O)N(C(=O)OC(C)(C)C)CC1C23. The zero-order valence-electron chi connectivity index (χ0n) is 18.1. The zero-order chi connectivity index (χ0) is 22.3. The molecule has 0 bridgehead atoms. The minimum atomic E-state index is -1.38. The summed E-state index contributed by atoms with van der Waals surface area (Å²) in [5.41, 5.74) is -1.27. The molecule has 4 aliphatic rings. The molecule has 10 heteroatoms. The number of anilines is 1. The molecule has 3 amide bonds. The quantitative estimate of drug-likeness (QED) is 0.505. The van der Waals surface area contributed by atoms with E-state index in [9.17, 15) is 18.6 Å². The van der Waals surface area contributed by atoms with Crippen LogP contribution < -0.4 is 4.90 Å². The van der Waals surface area contributed by atoms with E-state index in [0.29, 0.717) is 5.82 Å². The molecule has 9 nitrogen and oxygen atoms in total. The van der Waals surface area contributed by atoms with Crippen molar-refractivity contribution in [2.75, 3.05) is 17.7 Å². The van der Waals surface area contributed by atoms with E-state index in [1.54, 1.807) is 31.9 Å². The predicted octanol–water partition coefficient (Wildman–Crippen LogP) is 1.98. The van der Waals surface area contributed by atoms with Crippen LogP contribution in [0.5, 0.6) is 0 Å². The Kier molecular flexibility index (Phi) is 4.35. The van der Waals surface area contributed by atoms with Gasteiger partial charge in [0, 0.05) is 42.4 Å². The molecule has 3 fully saturated rings. The molecule has 2 saturated carbocycles. The van der Waals surface area contributed by atoms with Crippen molar-refractivity contribution in [2.45, 2.75) is 69.2 Å². The first-order chi connectivity index (χ1) is 14.6. The maximum Gasteiger partial charge on any atom is 0.417 e. The summed E-state index contributed by atoms with van der Waals surface area (Å²) >= 11 is 0. The average Bonchev–Trinajstić information content (AvgIpc) is 2.97. The largest absolute Gasteiger partial charge is 0.443 e. The van der Waals surface area contributed by atoms with Crippen LogP contribution in [0.25, 0.3) is 0 Å². The second kappa shape index (κ2) is 6.57. The summed E-state index contributed by atoms with van der Waals surface area (Å²) in [5.74, 6) is -0.952. The van der Waals surface area contributed by atoms with Crippen LogP contribution in [0.1, 0.15) is 57.9 Å². The van der Waals surface area contributed by atoms with Gasteiger partial charge < -0.3 is 4.74 Å². The molecule has 1 aromatic rings. The molecule has 1 spiro atoms. The number of nitrogens with zero attached hydrogens (tertiary/aromatic N) is 4. The smallest absolute Gasteiger partial charge is 0.417 e. The van der Waals surface area contributed by atoms with Crippen LogP contribution >= 0.6 is 0 Å². The van der Waals surface area contributed by atoms with Gasteiger partial charge in [-0.2, -0.15) is 0 Å². The summed E-state index contributed by atoms with van der Waals surface area (Å²) in [6, 6.07) is -0.0563. The third-order valence-corrected chi connectivity index (χ3v) is 7.53. The molecule has 2 aliphatic heterocycles. The van der Waals surface area contributed by atoms with Gasteiger partial charge in [0.2, 0.25) is 17.0 Å². The molecule has 31 heavy (non-hydrogen) atoms. The van der Waals surface area contributed by atoms with Gasteiger partial charge in [-0.1, -0.05) is 12.8 Å². The first-order valence-corrected chi connectivity index (χ1v) is 12.2. The Balaban J connectivity index is 1.56. The number of fused-ring (bicyclic) bond motifs is 3. The first-order valence-electron chi connectivity index (χ1n) is 10.7. The van der Waals surface area contributed by atoms with Gasteiger partial charge in [-0.15, -0.1) is 0 Å². The van der Waals surface area contributed by atoms with E-state index in [2.05, 4.69) is 9.97 Å². The lowest BCUT2D eigenvalue weighted by Gasteiger charge is -2.36. The van der Waals surface area contributed by atoms with Gasteiger partial charge in [-0.25, -0.2) is 19.7 Å². The van der Waals surface area contributed by atoms with E-state index in [4.69, 9.17) is 4.74 Å². The van der Waals surface area contributed by atoms with Crippen molar-refractivity contribution >= 4 is 34.5 Å². The Morgan fingerprint density at radius 3 is 2.52 bits per heavy atom. The van der Waals surface area contributed by atoms with E-state index in [1.807, 2.05) is 0 Å². The second-order valence-electron chi connectivity index (χ2n) is 9.85. The number of likely N-dealkylation sites (tertiary alicyclic amines) is 1. The van der Waals surface area contributed by atoms with Crippen molar-refractivity contribution < 1.29 is 23.3 Å². The van der Waals surface area contributed by atoms with Crippen LogP contribution in [-0.4, -0.2) is 61.4 Å². The van der Waals surface area contributed by atoms with Crippen molar-refractivity contribution in [3.8, 4) is 0 Å². The van der Waals surface area contributed by atoms with Crippen LogP contribution in [0.4, 0.5) is 10.6 Å². The minimum Gasteiger partial charge on any atom is -0.443 e. The van der Waals surface area contributed by atoms with Crippen LogP contribution in [0.15, 0.2) is 11.4 Å². The Labute approximate surface area is 183 Å². The Morgan fingerprint density at radius 1 is 1.23 bits per heavy atom. The van der Waals surface area contributed by atoms with E-state index in [-0.39, 0.29) is 35.5 Å². The number of hydrogen-bond donors (Lipinski definition) is 0. The molecule has 166 valence electrons. The fourth-order valence-electron chi connectivity index (χ4n) is 5.54. The van der Waals surface area contributed by atoms with E-state index < -0.39 is 33.8 Å². The Morgan fingerprint density at radius 2 is 1.90 bits per heavy atom. The van der Waals surface area contributed by atoms with Crippen molar-refractivity contribution in [3.63, 3.8) is 0 Å². The maximum absolute atomic E-state index is 13.9. The topological polar surface area (TPSA) is 110 Å². The second-order valence-corrected chi connectivity index (χ2v) is 11.1. The number of carbonyl (C=O) groups is 3.